The van der Waals surface area contributed by atoms with E-state index in [2.05, 4.69) is 49.3 Å². The molecule has 3 nitrogen and oxygen atoms in total. The Balaban J connectivity index is 1.59. The van der Waals surface area contributed by atoms with Crippen LogP contribution in [0.5, 0.6) is 0 Å². The highest BCUT2D eigenvalue weighted by Gasteiger charge is 2.25. The van der Waals surface area contributed by atoms with E-state index in [0.29, 0.717) is 24.7 Å². The largest absolute Gasteiger partial charge is 0.365 e. The molecule has 2 saturated heterocycles. The van der Waals surface area contributed by atoms with Gasteiger partial charge in [0.05, 0.1) is 6.10 Å². The molecule has 2 fully saturated rings. The zero-order valence-corrected chi connectivity index (χ0v) is 15.7. The lowest BCUT2D eigenvalue weighted by molar-refractivity contribution is 0.0169. The van der Waals surface area contributed by atoms with E-state index in [9.17, 15) is 0 Å². The molecule has 2 aliphatic rings. The molecular weight excluding hydrogens is 284 g/mol. The minimum absolute atomic E-state index is 0.426. The summed E-state index contributed by atoms with van der Waals surface area (Å²) in [4.78, 5) is 5.28. The lowest BCUT2D eigenvalue weighted by Crippen LogP contribution is -2.44. The van der Waals surface area contributed by atoms with Crippen LogP contribution in [-0.2, 0) is 4.74 Å². The molecular formula is C20H36N2O. The number of nitrogens with zero attached hydrogens (tertiary/aromatic N) is 2. The summed E-state index contributed by atoms with van der Waals surface area (Å²) in [5.74, 6) is 7.65. The minimum Gasteiger partial charge on any atom is -0.365 e. The van der Waals surface area contributed by atoms with Crippen molar-refractivity contribution in [3.05, 3.63) is 0 Å². The van der Waals surface area contributed by atoms with Gasteiger partial charge in [0.15, 0.2) is 0 Å². The molecule has 0 spiro atoms. The van der Waals surface area contributed by atoms with E-state index < -0.39 is 0 Å². The molecule has 0 aromatic rings. The Hall–Kier alpha value is -0.560. The van der Waals surface area contributed by atoms with Crippen LogP contribution >= 0.6 is 0 Å². The van der Waals surface area contributed by atoms with Crippen LogP contribution in [-0.4, -0.2) is 61.3 Å². The Labute approximate surface area is 143 Å². The SMILES string of the molecule is CC(C)C#CCOC1CCN(CC2CCN(C(C)C)CC2)CC1. The molecule has 0 radical (unpaired) electrons. The lowest BCUT2D eigenvalue weighted by Gasteiger charge is -2.38. The third kappa shape index (κ3) is 6.83. The van der Waals surface area contributed by atoms with Crippen molar-refractivity contribution in [3.63, 3.8) is 0 Å². The summed E-state index contributed by atoms with van der Waals surface area (Å²) < 4.78 is 5.91. The van der Waals surface area contributed by atoms with E-state index in [1.165, 1.54) is 58.4 Å². The van der Waals surface area contributed by atoms with Gasteiger partial charge >= 0.3 is 0 Å². The first-order chi connectivity index (χ1) is 11.0. The first kappa shape index (κ1) is 18.8. The van der Waals surface area contributed by atoms with Crippen LogP contribution in [0.1, 0.15) is 53.4 Å². The normalized spacial score (nSPS) is 22.5. The van der Waals surface area contributed by atoms with Gasteiger partial charge in [-0.05, 0) is 58.5 Å². The summed E-state index contributed by atoms with van der Waals surface area (Å²) in [6.45, 7) is 15.8. The molecule has 0 aromatic heterocycles. The molecule has 0 atom stereocenters. The summed E-state index contributed by atoms with van der Waals surface area (Å²) in [6, 6.07) is 0.711. The summed E-state index contributed by atoms with van der Waals surface area (Å²) in [5, 5.41) is 0. The molecule has 3 heteroatoms. The fourth-order valence-electron chi connectivity index (χ4n) is 3.68. The van der Waals surface area contributed by atoms with Crippen LogP contribution in [0.2, 0.25) is 0 Å². The van der Waals surface area contributed by atoms with Gasteiger partial charge in [-0.2, -0.15) is 0 Å². The molecule has 0 saturated carbocycles. The van der Waals surface area contributed by atoms with Crippen LogP contribution < -0.4 is 0 Å². The monoisotopic (exact) mass is 320 g/mol. The Morgan fingerprint density at radius 3 is 2.17 bits per heavy atom. The molecule has 0 amide bonds. The van der Waals surface area contributed by atoms with E-state index in [1.54, 1.807) is 0 Å². The summed E-state index contributed by atoms with van der Waals surface area (Å²) in [7, 11) is 0. The van der Waals surface area contributed by atoms with Crippen LogP contribution in [0, 0.1) is 23.7 Å². The van der Waals surface area contributed by atoms with Gasteiger partial charge in [-0.3, -0.25) is 0 Å². The maximum Gasteiger partial charge on any atom is 0.108 e. The smallest absolute Gasteiger partial charge is 0.108 e. The highest BCUT2D eigenvalue weighted by Crippen LogP contribution is 2.22. The maximum absolute atomic E-state index is 5.91. The van der Waals surface area contributed by atoms with Crippen molar-refractivity contribution in [2.75, 3.05) is 39.3 Å². The van der Waals surface area contributed by atoms with Gasteiger partial charge in [-0.1, -0.05) is 25.7 Å². The molecule has 0 bridgehead atoms. The minimum atomic E-state index is 0.426. The summed E-state index contributed by atoms with van der Waals surface area (Å²) in [6.07, 6.45) is 5.52. The molecule has 2 rings (SSSR count). The Morgan fingerprint density at radius 2 is 1.61 bits per heavy atom. The van der Waals surface area contributed by atoms with Crippen molar-refractivity contribution in [2.24, 2.45) is 11.8 Å². The molecule has 0 aromatic carbocycles. The van der Waals surface area contributed by atoms with Crippen LogP contribution in [0.4, 0.5) is 0 Å². The Morgan fingerprint density at radius 1 is 0.957 bits per heavy atom. The van der Waals surface area contributed by atoms with Crippen LogP contribution in [0.3, 0.4) is 0 Å². The number of rotatable bonds is 5. The van der Waals surface area contributed by atoms with Crippen molar-refractivity contribution in [1.29, 1.82) is 0 Å². The van der Waals surface area contributed by atoms with Gasteiger partial charge in [0.2, 0.25) is 0 Å². The van der Waals surface area contributed by atoms with Gasteiger partial charge < -0.3 is 14.5 Å². The van der Waals surface area contributed by atoms with Gasteiger partial charge in [0.1, 0.15) is 6.61 Å². The number of piperidine rings is 2. The molecule has 0 unspecified atom stereocenters. The standard InChI is InChI=1S/C20H36N2O/c1-17(2)6-5-15-23-20-9-11-21(12-10-20)16-19-7-13-22(14-8-19)18(3)4/h17-20H,7-16H2,1-4H3. The second kappa shape index (κ2) is 9.67. The maximum atomic E-state index is 5.91. The zero-order valence-electron chi connectivity index (χ0n) is 15.7. The molecule has 2 aliphatic heterocycles. The van der Waals surface area contributed by atoms with Gasteiger partial charge in [-0.25, -0.2) is 0 Å². The average molecular weight is 321 g/mol. The number of hydrogen-bond acceptors (Lipinski definition) is 3. The van der Waals surface area contributed by atoms with Crippen molar-refractivity contribution in [2.45, 2.75) is 65.5 Å². The predicted octanol–water partition coefficient (Wildman–Crippen LogP) is 3.25. The van der Waals surface area contributed by atoms with Crippen molar-refractivity contribution in [1.82, 2.24) is 9.80 Å². The van der Waals surface area contributed by atoms with E-state index >= 15 is 0 Å². The summed E-state index contributed by atoms with van der Waals surface area (Å²) in [5.41, 5.74) is 0. The van der Waals surface area contributed by atoms with E-state index in [4.69, 9.17) is 4.74 Å². The van der Waals surface area contributed by atoms with Crippen molar-refractivity contribution >= 4 is 0 Å². The highest BCUT2D eigenvalue weighted by molar-refractivity contribution is 5.01. The fraction of sp³-hybridized carbons (Fsp3) is 0.900. The van der Waals surface area contributed by atoms with Crippen molar-refractivity contribution < 1.29 is 4.74 Å². The second-order valence-corrected chi connectivity index (χ2v) is 7.86. The molecule has 0 N–H and O–H groups in total. The molecule has 2 heterocycles. The fourth-order valence-corrected chi connectivity index (χ4v) is 3.68. The molecule has 23 heavy (non-hydrogen) atoms. The second-order valence-electron chi connectivity index (χ2n) is 7.86. The first-order valence-electron chi connectivity index (χ1n) is 9.61. The number of likely N-dealkylation sites (tertiary alicyclic amines) is 2. The van der Waals surface area contributed by atoms with E-state index in [0.717, 1.165) is 5.92 Å². The van der Waals surface area contributed by atoms with Crippen molar-refractivity contribution in [3.8, 4) is 11.8 Å². The molecule has 0 aliphatic carbocycles. The third-order valence-corrected chi connectivity index (χ3v) is 5.21. The molecule has 132 valence electrons. The quantitative estimate of drug-likeness (QED) is 0.723. The lowest BCUT2D eigenvalue weighted by atomic mass is 9.94. The van der Waals surface area contributed by atoms with E-state index in [-0.39, 0.29) is 0 Å². The highest BCUT2D eigenvalue weighted by atomic mass is 16.5. The summed E-state index contributed by atoms with van der Waals surface area (Å²) >= 11 is 0. The average Bonchev–Trinajstić information content (AvgIpc) is 2.53. The Bertz CT molecular complexity index is 380. The van der Waals surface area contributed by atoms with Gasteiger partial charge in [0, 0.05) is 31.6 Å². The van der Waals surface area contributed by atoms with E-state index in [1.807, 2.05) is 0 Å². The van der Waals surface area contributed by atoms with Crippen LogP contribution in [0.15, 0.2) is 0 Å². The topological polar surface area (TPSA) is 15.7 Å². The number of hydrogen-bond donors (Lipinski definition) is 0. The first-order valence-corrected chi connectivity index (χ1v) is 9.61. The number of ether oxygens (including phenoxy) is 1. The van der Waals surface area contributed by atoms with Crippen LogP contribution in [0.25, 0.3) is 0 Å². The third-order valence-electron chi connectivity index (χ3n) is 5.21. The van der Waals surface area contributed by atoms with Gasteiger partial charge in [-0.15, -0.1) is 0 Å². The van der Waals surface area contributed by atoms with Gasteiger partial charge in [0.25, 0.3) is 0 Å². The predicted molar refractivity (Wildman–Crippen MR) is 97.5 cm³/mol. The zero-order chi connectivity index (χ0) is 16.7. The Kier molecular flexibility index (Phi) is 7.89.